The van der Waals surface area contributed by atoms with Crippen LogP contribution in [-0.4, -0.2) is 42.7 Å². The predicted octanol–water partition coefficient (Wildman–Crippen LogP) is 4.32. The van der Waals surface area contributed by atoms with Crippen LogP contribution in [0.2, 0.25) is 0 Å². The molecule has 0 aliphatic carbocycles. The molecule has 0 amide bonds. The van der Waals surface area contributed by atoms with Crippen molar-refractivity contribution >= 4 is 28.2 Å². The molecule has 1 aromatic heterocycles. The largest absolute Gasteiger partial charge is 0.303 e. The van der Waals surface area contributed by atoms with Gasteiger partial charge in [0, 0.05) is 19.7 Å². The van der Waals surface area contributed by atoms with E-state index in [2.05, 4.69) is 18.7 Å². The quantitative estimate of drug-likeness (QED) is 0.531. The number of rotatable bonds is 10. The van der Waals surface area contributed by atoms with Gasteiger partial charge in [0.25, 0.3) is 10.0 Å². The third-order valence-corrected chi connectivity index (χ3v) is 6.27. The summed E-state index contributed by atoms with van der Waals surface area (Å²) >= 11 is 0. The Hall–Kier alpha value is -1.63. The summed E-state index contributed by atoms with van der Waals surface area (Å²) in [5, 5.41) is 0. The molecule has 156 valence electrons. The van der Waals surface area contributed by atoms with E-state index in [0.717, 1.165) is 54.0 Å². The highest BCUT2D eigenvalue weighted by molar-refractivity contribution is 7.90. The fraction of sp³-hybridized carbons (Fsp3) is 0.476. The minimum atomic E-state index is -3.79. The molecule has 1 aromatic carbocycles. The first-order valence-electron chi connectivity index (χ1n) is 9.56. The zero-order valence-electron chi connectivity index (χ0n) is 17.1. The SMILES string of the molecule is CCCN(CCC)CCc1cc(C(C)=O)n(S(=O)(=O)c2ccc(C)cc2)c1.Cl. The van der Waals surface area contributed by atoms with Crippen molar-refractivity contribution in [2.24, 2.45) is 0 Å². The third kappa shape index (κ3) is 5.93. The molecule has 2 aromatic rings. The Morgan fingerprint density at radius 2 is 1.61 bits per heavy atom. The molecule has 0 spiro atoms. The average molecular weight is 427 g/mol. The van der Waals surface area contributed by atoms with E-state index in [1.54, 1.807) is 36.5 Å². The number of ketones is 1. The Morgan fingerprint density at radius 3 is 2.11 bits per heavy atom. The Labute approximate surface area is 175 Å². The van der Waals surface area contributed by atoms with E-state index in [1.807, 2.05) is 6.92 Å². The number of carbonyl (C=O) groups excluding carboxylic acids is 1. The molecule has 0 fully saturated rings. The number of aryl methyl sites for hydroxylation is 1. The molecule has 0 saturated carbocycles. The summed E-state index contributed by atoms with van der Waals surface area (Å²) in [6.07, 6.45) is 4.49. The number of hydrogen-bond acceptors (Lipinski definition) is 4. The number of aromatic nitrogens is 1. The molecule has 0 bridgehead atoms. The highest BCUT2D eigenvalue weighted by Crippen LogP contribution is 2.20. The molecule has 0 unspecified atom stereocenters. The summed E-state index contributed by atoms with van der Waals surface area (Å²) in [7, 11) is -3.79. The molecular weight excluding hydrogens is 396 g/mol. The zero-order valence-corrected chi connectivity index (χ0v) is 18.8. The second-order valence-corrected chi connectivity index (χ2v) is 8.81. The van der Waals surface area contributed by atoms with Crippen LogP contribution in [-0.2, 0) is 16.4 Å². The Morgan fingerprint density at radius 1 is 1.04 bits per heavy atom. The maximum absolute atomic E-state index is 13.0. The Balaban J connectivity index is 0.00000392. The van der Waals surface area contributed by atoms with Crippen molar-refractivity contribution in [3.63, 3.8) is 0 Å². The van der Waals surface area contributed by atoms with Gasteiger partial charge in [0.15, 0.2) is 5.78 Å². The minimum absolute atomic E-state index is 0. The number of Topliss-reactive ketones (excluding diaryl/α,β-unsaturated/α-hetero) is 1. The predicted molar refractivity (Wildman–Crippen MR) is 116 cm³/mol. The van der Waals surface area contributed by atoms with Crippen LogP contribution in [0.3, 0.4) is 0 Å². The zero-order chi connectivity index (χ0) is 20.0. The lowest BCUT2D eigenvalue weighted by Crippen LogP contribution is -2.27. The van der Waals surface area contributed by atoms with E-state index < -0.39 is 10.0 Å². The van der Waals surface area contributed by atoms with Gasteiger partial charge >= 0.3 is 0 Å². The molecule has 5 nitrogen and oxygen atoms in total. The lowest BCUT2D eigenvalue weighted by atomic mass is 10.2. The van der Waals surface area contributed by atoms with E-state index in [0.29, 0.717) is 0 Å². The molecule has 7 heteroatoms. The van der Waals surface area contributed by atoms with E-state index in [4.69, 9.17) is 0 Å². The van der Waals surface area contributed by atoms with Crippen LogP contribution in [0.5, 0.6) is 0 Å². The Bertz CT molecular complexity index is 868. The van der Waals surface area contributed by atoms with Crippen molar-refractivity contribution in [1.82, 2.24) is 8.87 Å². The van der Waals surface area contributed by atoms with Crippen molar-refractivity contribution in [3.05, 3.63) is 53.3 Å². The van der Waals surface area contributed by atoms with Crippen molar-refractivity contribution in [3.8, 4) is 0 Å². The van der Waals surface area contributed by atoms with Gasteiger partial charge in [-0.05, 0) is 63.0 Å². The number of carbonyl (C=O) groups is 1. The summed E-state index contributed by atoms with van der Waals surface area (Å²) in [6.45, 7) is 10.5. The van der Waals surface area contributed by atoms with Crippen molar-refractivity contribution in [2.45, 2.75) is 51.9 Å². The fourth-order valence-electron chi connectivity index (χ4n) is 3.17. The van der Waals surface area contributed by atoms with Gasteiger partial charge < -0.3 is 4.90 Å². The first-order valence-corrected chi connectivity index (χ1v) is 11.0. The van der Waals surface area contributed by atoms with Gasteiger partial charge in [-0.1, -0.05) is 31.5 Å². The fourth-order valence-corrected chi connectivity index (χ4v) is 4.59. The molecule has 0 saturated heterocycles. The van der Waals surface area contributed by atoms with Gasteiger partial charge in [0.1, 0.15) is 0 Å². The van der Waals surface area contributed by atoms with Crippen LogP contribution < -0.4 is 0 Å². The summed E-state index contributed by atoms with van der Waals surface area (Å²) in [6, 6.07) is 8.40. The van der Waals surface area contributed by atoms with Crippen LogP contribution in [0, 0.1) is 6.92 Å². The van der Waals surface area contributed by atoms with E-state index in [9.17, 15) is 13.2 Å². The highest BCUT2D eigenvalue weighted by Gasteiger charge is 2.23. The monoisotopic (exact) mass is 426 g/mol. The summed E-state index contributed by atoms with van der Waals surface area (Å²) in [5.74, 6) is -0.254. The van der Waals surface area contributed by atoms with E-state index in [1.165, 1.54) is 6.92 Å². The van der Waals surface area contributed by atoms with Gasteiger partial charge in [-0.3, -0.25) is 4.79 Å². The lowest BCUT2D eigenvalue weighted by Gasteiger charge is -2.20. The normalized spacial score (nSPS) is 11.5. The van der Waals surface area contributed by atoms with Crippen LogP contribution in [0.15, 0.2) is 41.4 Å². The molecule has 1 heterocycles. The van der Waals surface area contributed by atoms with E-state index >= 15 is 0 Å². The number of halogens is 1. The standard InChI is InChI=1S/C21H30N2O3S.ClH/c1-5-12-22(13-6-2)14-11-19-15-21(18(4)24)23(16-19)27(25,26)20-9-7-17(3)8-10-20;/h7-10,15-16H,5-6,11-14H2,1-4H3;1H. The first-order chi connectivity index (χ1) is 12.8. The summed E-state index contributed by atoms with van der Waals surface area (Å²) < 4.78 is 27.2. The molecular formula is C21H31ClN2O3S. The minimum Gasteiger partial charge on any atom is -0.303 e. The number of nitrogens with zero attached hydrogens (tertiary/aromatic N) is 2. The van der Waals surface area contributed by atoms with Gasteiger partial charge in [0.2, 0.25) is 0 Å². The van der Waals surface area contributed by atoms with Gasteiger partial charge in [-0.15, -0.1) is 12.4 Å². The van der Waals surface area contributed by atoms with E-state index in [-0.39, 0.29) is 28.8 Å². The van der Waals surface area contributed by atoms with Gasteiger partial charge in [-0.25, -0.2) is 12.4 Å². The highest BCUT2D eigenvalue weighted by atomic mass is 35.5. The Kier molecular flexibility index (Phi) is 9.40. The molecule has 0 N–H and O–H groups in total. The molecule has 0 radical (unpaired) electrons. The molecule has 0 aliphatic rings. The van der Waals surface area contributed by atoms with Crippen LogP contribution in [0.1, 0.15) is 55.2 Å². The van der Waals surface area contributed by atoms with Crippen LogP contribution >= 0.6 is 12.4 Å². The van der Waals surface area contributed by atoms with Crippen LogP contribution in [0.4, 0.5) is 0 Å². The number of hydrogen-bond donors (Lipinski definition) is 0. The second-order valence-electron chi connectivity index (χ2n) is 7.00. The smallest absolute Gasteiger partial charge is 0.268 e. The third-order valence-electron chi connectivity index (χ3n) is 4.58. The lowest BCUT2D eigenvalue weighted by molar-refractivity contribution is 0.101. The molecule has 2 rings (SSSR count). The van der Waals surface area contributed by atoms with Gasteiger partial charge in [-0.2, -0.15) is 0 Å². The van der Waals surface area contributed by atoms with Gasteiger partial charge in [0.05, 0.1) is 10.6 Å². The van der Waals surface area contributed by atoms with Crippen LogP contribution in [0.25, 0.3) is 0 Å². The molecule has 0 atom stereocenters. The number of benzene rings is 1. The van der Waals surface area contributed by atoms with Crippen molar-refractivity contribution in [1.29, 1.82) is 0 Å². The van der Waals surface area contributed by atoms with Crippen molar-refractivity contribution < 1.29 is 13.2 Å². The average Bonchev–Trinajstić information content (AvgIpc) is 3.06. The summed E-state index contributed by atoms with van der Waals surface area (Å²) in [4.78, 5) is 14.6. The maximum atomic E-state index is 13.0. The molecule has 0 aliphatic heterocycles. The topological polar surface area (TPSA) is 59.4 Å². The summed E-state index contributed by atoms with van der Waals surface area (Å²) in [5.41, 5.74) is 2.07. The first kappa shape index (κ1) is 24.4. The second kappa shape index (κ2) is 10.8. The van der Waals surface area contributed by atoms with Crippen molar-refractivity contribution in [2.75, 3.05) is 19.6 Å². The molecule has 28 heavy (non-hydrogen) atoms. The maximum Gasteiger partial charge on any atom is 0.268 e.